The molecule has 1 heterocycles. The maximum absolute atomic E-state index is 11.2. The SMILES string of the molecule is Cc1c(C=O)c(C)n(C)c1-c1ccc(C(C)(C)C)cc1. The Hall–Kier alpha value is -1.83. The van der Waals surface area contributed by atoms with E-state index in [9.17, 15) is 4.79 Å². The van der Waals surface area contributed by atoms with E-state index in [0.29, 0.717) is 0 Å². The molecule has 0 spiro atoms. The highest BCUT2D eigenvalue weighted by Gasteiger charge is 2.17. The number of rotatable bonds is 2. The molecule has 0 aliphatic rings. The molecule has 2 aromatic rings. The zero-order valence-corrected chi connectivity index (χ0v) is 13.2. The molecule has 0 saturated heterocycles. The van der Waals surface area contributed by atoms with Gasteiger partial charge in [-0.1, -0.05) is 45.0 Å². The Bertz CT molecular complexity index is 640. The Balaban J connectivity index is 2.56. The van der Waals surface area contributed by atoms with Crippen molar-refractivity contribution < 1.29 is 4.79 Å². The van der Waals surface area contributed by atoms with Gasteiger partial charge in [0.2, 0.25) is 0 Å². The number of hydrogen-bond donors (Lipinski definition) is 0. The lowest BCUT2D eigenvalue weighted by atomic mass is 9.86. The van der Waals surface area contributed by atoms with Crippen molar-refractivity contribution in [3.8, 4) is 11.3 Å². The van der Waals surface area contributed by atoms with Crippen molar-refractivity contribution in [1.82, 2.24) is 4.57 Å². The molecular formula is C18H23NO. The third-order valence-electron chi connectivity index (χ3n) is 4.13. The summed E-state index contributed by atoms with van der Waals surface area (Å²) >= 11 is 0. The molecule has 0 fully saturated rings. The van der Waals surface area contributed by atoms with Crippen LogP contribution in [0.1, 0.15) is 48.0 Å². The van der Waals surface area contributed by atoms with Crippen LogP contribution in [-0.2, 0) is 12.5 Å². The Morgan fingerprint density at radius 3 is 2.00 bits per heavy atom. The fourth-order valence-electron chi connectivity index (χ4n) is 2.71. The zero-order chi connectivity index (χ0) is 15.1. The highest BCUT2D eigenvalue weighted by molar-refractivity contribution is 5.84. The van der Waals surface area contributed by atoms with Crippen molar-refractivity contribution in [2.24, 2.45) is 7.05 Å². The first-order valence-electron chi connectivity index (χ1n) is 6.99. The molecule has 0 aliphatic heterocycles. The quantitative estimate of drug-likeness (QED) is 0.740. The van der Waals surface area contributed by atoms with Crippen LogP contribution < -0.4 is 0 Å². The molecule has 2 nitrogen and oxygen atoms in total. The van der Waals surface area contributed by atoms with Crippen molar-refractivity contribution in [3.63, 3.8) is 0 Å². The van der Waals surface area contributed by atoms with Gasteiger partial charge in [0, 0.05) is 18.3 Å². The van der Waals surface area contributed by atoms with Crippen molar-refractivity contribution in [3.05, 3.63) is 46.6 Å². The minimum absolute atomic E-state index is 0.158. The Morgan fingerprint density at radius 2 is 1.60 bits per heavy atom. The van der Waals surface area contributed by atoms with Crippen LogP contribution in [0, 0.1) is 13.8 Å². The molecule has 0 N–H and O–H groups in total. The second-order valence-electron chi connectivity index (χ2n) is 6.48. The van der Waals surface area contributed by atoms with Crippen LogP contribution in [0.3, 0.4) is 0 Å². The summed E-state index contributed by atoms with van der Waals surface area (Å²) < 4.78 is 2.10. The molecule has 0 saturated carbocycles. The van der Waals surface area contributed by atoms with E-state index < -0.39 is 0 Å². The highest BCUT2D eigenvalue weighted by Crippen LogP contribution is 2.31. The zero-order valence-electron chi connectivity index (χ0n) is 13.2. The van der Waals surface area contributed by atoms with E-state index in [-0.39, 0.29) is 5.41 Å². The Morgan fingerprint density at radius 1 is 1.05 bits per heavy atom. The van der Waals surface area contributed by atoms with Gasteiger partial charge in [-0.2, -0.15) is 0 Å². The second kappa shape index (κ2) is 4.93. The Labute approximate surface area is 121 Å². The lowest BCUT2D eigenvalue weighted by Crippen LogP contribution is -2.10. The molecule has 20 heavy (non-hydrogen) atoms. The summed E-state index contributed by atoms with van der Waals surface area (Å²) in [5.74, 6) is 0. The third kappa shape index (κ3) is 2.31. The fourth-order valence-corrected chi connectivity index (χ4v) is 2.71. The number of carbonyl (C=O) groups is 1. The number of hydrogen-bond acceptors (Lipinski definition) is 1. The summed E-state index contributed by atoms with van der Waals surface area (Å²) in [4.78, 5) is 11.2. The standard InChI is InChI=1S/C18H23NO/c1-12-16(11-20)13(2)19(6)17(12)14-7-9-15(10-8-14)18(3,4)5/h7-11H,1-6H3. The molecule has 0 radical (unpaired) electrons. The Kier molecular flexibility index (Phi) is 3.59. The molecular weight excluding hydrogens is 246 g/mol. The molecule has 0 aliphatic carbocycles. The van der Waals surface area contributed by atoms with Gasteiger partial charge in [-0.3, -0.25) is 4.79 Å². The van der Waals surface area contributed by atoms with E-state index in [0.717, 1.165) is 34.4 Å². The summed E-state index contributed by atoms with van der Waals surface area (Å²) in [6.45, 7) is 10.6. The minimum atomic E-state index is 0.158. The van der Waals surface area contributed by atoms with Gasteiger partial charge in [0.15, 0.2) is 6.29 Å². The number of aldehydes is 1. The van der Waals surface area contributed by atoms with Crippen molar-refractivity contribution >= 4 is 6.29 Å². The van der Waals surface area contributed by atoms with Crippen molar-refractivity contribution in [2.75, 3.05) is 0 Å². The number of benzene rings is 1. The summed E-state index contributed by atoms with van der Waals surface area (Å²) in [6.07, 6.45) is 0.956. The van der Waals surface area contributed by atoms with Gasteiger partial charge >= 0.3 is 0 Å². The van der Waals surface area contributed by atoms with Crippen LogP contribution in [0.2, 0.25) is 0 Å². The molecule has 0 atom stereocenters. The largest absolute Gasteiger partial charge is 0.347 e. The van der Waals surface area contributed by atoms with Gasteiger partial charge in [-0.15, -0.1) is 0 Å². The van der Waals surface area contributed by atoms with Crippen molar-refractivity contribution in [1.29, 1.82) is 0 Å². The predicted molar refractivity (Wildman–Crippen MR) is 84.4 cm³/mol. The first-order valence-corrected chi connectivity index (χ1v) is 6.99. The van der Waals surface area contributed by atoms with Gasteiger partial charge in [0.25, 0.3) is 0 Å². The number of carbonyl (C=O) groups excluding carboxylic acids is 1. The normalized spacial score (nSPS) is 11.7. The molecule has 2 heteroatoms. The number of aromatic nitrogens is 1. The summed E-state index contributed by atoms with van der Waals surface area (Å²) in [7, 11) is 2.02. The van der Waals surface area contributed by atoms with Gasteiger partial charge in [-0.05, 0) is 36.0 Å². The lowest BCUT2D eigenvalue weighted by Gasteiger charge is -2.19. The van der Waals surface area contributed by atoms with Gasteiger partial charge in [0.05, 0.1) is 5.69 Å². The first-order chi connectivity index (χ1) is 9.27. The van der Waals surface area contributed by atoms with Gasteiger partial charge in [-0.25, -0.2) is 0 Å². The lowest BCUT2D eigenvalue weighted by molar-refractivity contribution is 0.112. The van der Waals surface area contributed by atoms with Crippen LogP contribution in [0.15, 0.2) is 24.3 Å². The molecule has 0 amide bonds. The van der Waals surface area contributed by atoms with Crippen LogP contribution in [0.25, 0.3) is 11.3 Å². The molecule has 2 rings (SSSR count). The molecule has 1 aromatic carbocycles. The van der Waals surface area contributed by atoms with E-state index in [1.54, 1.807) is 0 Å². The second-order valence-corrected chi connectivity index (χ2v) is 6.48. The summed E-state index contributed by atoms with van der Waals surface area (Å²) in [6, 6.07) is 8.66. The monoisotopic (exact) mass is 269 g/mol. The first kappa shape index (κ1) is 14.6. The summed E-state index contributed by atoms with van der Waals surface area (Å²) in [5, 5.41) is 0. The third-order valence-corrected chi connectivity index (χ3v) is 4.13. The van der Waals surface area contributed by atoms with Crippen LogP contribution in [0.5, 0.6) is 0 Å². The van der Waals surface area contributed by atoms with Crippen molar-refractivity contribution in [2.45, 2.75) is 40.0 Å². The average molecular weight is 269 g/mol. The van der Waals surface area contributed by atoms with E-state index >= 15 is 0 Å². The smallest absolute Gasteiger partial charge is 0.152 e. The predicted octanol–water partition coefficient (Wildman–Crippen LogP) is 4.42. The minimum Gasteiger partial charge on any atom is -0.347 e. The van der Waals surface area contributed by atoms with Gasteiger partial charge in [0.1, 0.15) is 0 Å². The molecule has 1 aromatic heterocycles. The number of nitrogens with zero attached hydrogens (tertiary/aromatic N) is 1. The topological polar surface area (TPSA) is 22.0 Å². The van der Waals surface area contributed by atoms with E-state index in [1.807, 2.05) is 20.9 Å². The highest BCUT2D eigenvalue weighted by atomic mass is 16.1. The average Bonchev–Trinajstić information content (AvgIpc) is 2.59. The van der Waals surface area contributed by atoms with Crippen LogP contribution >= 0.6 is 0 Å². The molecule has 106 valence electrons. The van der Waals surface area contributed by atoms with Crippen LogP contribution in [0.4, 0.5) is 0 Å². The maximum Gasteiger partial charge on any atom is 0.152 e. The van der Waals surface area contributed by atoms with Crippen LogP contribution in [-0.4, -0.2) is 10.9 Å². The van der Waals surface area contributed by atoms with Gasteiger partial charge < -0.3 is 4.57 Å². The summed E-state index contributed by atoms with van der Waals surface area (Å²) in [5.41, 5.74) is 6.66. The van der Waals surface area contributed by atoms with E-state index in [1.165, 1.54) is 5.56 Å². The van der Waals surface area contributed by atoms with E-state index in [4.69, 9.17) is 0 Å². The van der Waals surface area contributed by atoms with E-state index in [2.05, 4.69) is 49.6 Å². The molecule has 0 bridgehead atoms. The fraction of sp³-hybridized carbons (Fsp3) is 0.389. The molecule has 0 unspecified atom stereocenters. The maximum atomic E-state index is 11.2.